The van der Waals surface area contributed by atoms with Crippen molar-refractivity contribution in [2.75, 3.05) is 27.8 Å². The molecule has 1 aliphatic heterocycles. The highest BCUT2D eigenvalue weighted by molar-refractivity contribution is 5.94. The van der Waals surface area contributed by atoms with Crippen molar-refractivity contribution >= 4 is 5.78 Å². The second-order valence-corrected chi connectivity index (χ2v) is 6.31. The van der Waals surface area contributed by atoms with E-state index in [2.05, 4.69) is 30.2 Å². The molecule has 0 spiro atoms. The normalized spacial score (nSPS) is 31.2. The molecule has 0 bridgehead atoms. The van der Waals surface area contributed by atoms with Gasteiger partial charge in [-0.05, 0) is 43.8 Å². The van der Waals surface area contributed by atoms with Crippen LogP contribution in [0.2, 0.25) is 0 Å². The Morgan fingerprint density at radius 1 is 1.23 bits per heavy atom. The highest BCUT2D eigenvalue weighted by atomic mass is 16.5. The number of ether oxygens (including phenoxy) is 2. The van der Waals surface area contributed by atoms with Gasteiger partial charge in [0.05, 0.1) is 14.2 Å². The first kappa shape index (κ1) is 15.1. The average Bonchev–Trinajstić information content (AvgIpc) is 2.89. The lowest BCUT2D eigenvalue weighted by molar-refractivity contribution is -0.120. The first-order valence-electron chi connectivity index (χ1n) is 7.69. The van der Waals surface area contributed by atoms with Crippen LogP contribution in [-0.2, 0) is 10.2 Å². The third-order valence-electron chi connectivity index (χ3n) is 5.27. The van der Waals surface area contributed by atoms with Gasteiger partial charge >= 0.3 is 0 Å². The van der Waals surface area contributed by atoms with Crippen molar-refractivity contribution < 1.29 is 14.3 Å². The molecule has 3 rings (SSSR count). The Morgan fingerprint density at radius 3 is 2.64 bits per heavy atom. The summed E-state index contributed by atoms with van der Waals surface area (Å²) >= 11 is 0. The van der Waals surface area contributed by atoms with Crippen LogP contribution in [-0.4, -0.2) is 44.5 Å². The first-order chi connectivity index (χ1) is 10.5. The summed E-state index contributed by atoms with van der Waals surface area (Å²) in [6.07, 6.45) is 4.87. The number of likely N-dealkylation sites (N-methyl/N-ethyl adjacent to an activating group) is 1. The van der Waals surface area contributed by atoms with Gasteiger partial charge in [-0.1, -0.05) is 19.1 Å². The van der Waals surface area contributed by atoms with Crippen LogP contribution in [0.1, 0.15) is 18.9 Å². The molecular weight excluding hydrogens is 278 g/mol. The minimum Gasteiger partial charge on any atom is -0.493 e. The molecule has 2 aliphatic rings. The quantitative estimate of drug-likeness (QED) is 0.859. The van der Waals surface area contributed by atoms with E-state index in [0.717, 1.165) is 24.5 Å². The number of hydrogen-bond acceptors (Lipinski definition) is 4. The molecule has 1 aromatic carbocycles. The molecule has 1 saturated heterocycles. The molecule has 22 heavy (non-hydrogen) atoms. The molecule has 1 unspecified atom stereocenters. The van der Waals surface area contributed by atoms with Crippen LogP contribution in [0.5, 0.6) is 11.5 Å². The van der Waals surface area contributed by atoms with Crippen LogP contribution in [0.4, 0.5) is 0 Å². The lowest BCUT2D eigenvalue weighted by atomic mass is 9.66. The molecule has 1 heterocycles. The topological polar surface area (TPSA) is 38.8 Å². The van der Waals surface area contributed by atoms with E-state index in [9.17, 15) is 4.79 Å². The van der Waals surface area contributed by atoms with Crippen LogP contribution in [0.25, 0.3) is 0 Å². The van der Waals surface area contributed by atoms with E-state index in [1.807, 2.05) is 13.0 Å². The maximum atomic E-state index is 12.1. The number of ketones is 1. The van der Waals surface area contributed by atoms with Crippen LogP contribution in [0, 0.1) is 5.92 Å². The predicted molar refractivity (Wildman–Crippen MR) is 85.6 cm³/mol. The lowest BCUT2D eigenvalue weighted by Gasteiger charge is -2.41. The summed E-state index contributed by atoms with van der Waals surface area (Å²) in [5.74, 6) is 1.69. The molecule has 3 atom stereocenters. The van der Waals surface area contributed by atoms with E-state index in [1.165, 1.54) is 5.56 Å². The predicted octanol–water partition coefficient (Wildman–Crippen LogP) is 2.42. The largest absolute Gasteiger partial charge is 0.493 e. The van der Waals surface area contributed by atoms with E-state index >= 15 is 0 Å². The minimum atomic E-state index is -0.123. The van der Waals surface area contributed by atoms with Crippen LogP contribution in [0.15, 0.2) is 30.4 Å². The number of allylic oxidation sites excluding steroid dienone is 1. The van der Waals surface area contributed by atoms with Crippen LogP contribution >= 0.6 is 0 Å². The van der Waals surface area contributed by atoms with Gasteiger partial charge in [0.15, 0.2) is 17.3 Å². The van der Waals surface area contributed by atoms with Gasteiger partial charge in [0.1, 0.15) is 0 Å². The van der Waals surface area contributed by atoms with Gasteiger partial charge in [-0.25, -0.2) is 0 Å². The van der Waals surface area contributed by atoms with E-state index in [0.29, 0.717) is 0 Å². The summed E-state index contributed by atoms with van der Waals surface area (Å²) in [4.78, 5) is 14.4. The summed E-state index contributed by atoms with van der Waals surface area (Å²) in [6.45, 7) is 3.02. The maximum Gasteiger partial charge on any atom is 0.161 e. The van der Waals surface area contributed by atoms with Crippen molar-refractivity contribution in [3.63, 3.8) is 0 Å². The third kappa shape index (κ3) is 2.05. The number of carbonyl (C=O) groups excluding carboxylic acids is 1. The molecule has 118 valence electrons. The third-order valence-corrected chi connectivity index (χ3v) is 5.27. The summed E-state index contributed by atoms with van der Waals surface area (Å²) < 4.78 is 10.8. The molecule has 0 amide bonds. The fourth-order valence-corrected chi connectivity index (χ4v) is 4.13. The zero-order chi connectivity index (χ0) is 15.9. The summed E-state index contributed by atoms with van der Waals surface area (Å²) in [6, 6.07) is 6.30. The number of methoxy groups -OCH3 is 2. The highest BCUT2D eigenvalue weighted by Gasteiger charge is 2.51. The van der Waals surface area contributed by atoms with Gasteiger partial charge in [-0.15, -0.1) is 0 Å². The Morgan fingerprint density at radius 2 is 1.95 bits per heavy atom. The van der Waals surface area contributed by atoms with Crippen LogP contribution < -0.4 is 9.47 Å². The molecule has 1 aliphatic carbocycles. The molecule has 1 aromatic rings. The molecule has 0 N–H and O–H groups in total. The first-order valence-corrected chi connectivity index (χ1v) is 7.69. The zero-order valence-corrected chi connectivity index (χ0v) is 13.6. The van der Waals surface area contributed by atoms with Crippen molar-refractivity contribution in [3.05, 3.63) is 35.9 Å². The molecule has 4 heteroatoms. The number of hydrogen-bond donors (Lipinski definition) is 0. The fraction of sp³-hybridized carbons (Fsp3) is 0.500. The number of fused-ring (bicyclic) bond motifs is 1. The van der Waals surface area contributed by atoms with Crippen molar-refractivity contribution in [2.45, 2.75) is 24.8 Å². The van der Waals surface area contributed by atoms with Crippen molar-refractivity contribution in [1.82, 2.24) is 4.90 Å². The number of carbonyl (C=O) groups is 1. The monoisotopic (exact) mass is 301 g/mol. The zero-order valence-electron chi connectivity index (χ0n) is 13.6. The van der Waals surface area contributed by atoms with E-state index in [-0.39, 0.29) is 23.2 Å². The average molecular weight is 301 g/mol. The number of nitrogens with zero attached hydrogens (tertiary/aromatic N) is 1. The standard InChI is InChI=1S/C18H23NO3/c1-12-14(20)7-8-18(9-10-19(2)17(12)18)13-5-6-15(21-3)16(11-13)22-4/h5-8,11-12,17H,9-10H2,1-4H3/t12?,17-,18-/m0/s1. The summed E-state index contributed by atoms with van der Waals surface area (Å²) in [5, 5.41) is 0. The second kappa shape index (κ2) is 5.43. The Hall–Kier alpha value is -1.81. The van der Waals surface area contributed by atoms with Crippen molar-refractivity contribution in [2.24, 2.45) is 5.92 Å². The van der Waals surface area contributed by atoms with E-state index in [1.54, 1.807) is 20.3 Å². The number of likely N-dealkylation sites (tertiary alicyclic amines) is 1. The Labute approximate surface area is 131 Å². The highest BCUT2D eigenvalue weighted by Crippen LogP contribution is 2.48. The van der Waals surface area contributed by atoms with Crippen LogP contribution in [0.3, 0.4) is 0 Å². The summed E-state index contributed by atoms with van der Waals surface area (Å²) in [7, 11) is 5.40. The van der Waals surface area contributed by atoms with Gasteiger partial charge in [-0.2, -0.15) is 0 Å². The number of rotatable bonds is 3. The van der Waals surface area contributed by atoms with Crippen molar-refractivity contribution in [3.8, 4) is 11.5 Å². The molecule has 1 fully saturated rings. The number of benzene rings is 1. The minimum absolute atomic E-state index is 0.00518. The molecule has 0 saturated carbocycles. The molecule has 0 radical (unpaired) electrons. The smallest absolute Gasteiger partial charge is 0.161 e. The Balaban J connectivity index is 2.12. The van der Waals surface area contributed by atoms with Gasteiger partial charge in [0.25, 0.3) is 0 Å². The van der Waals surface area contributed by atoms with Gasteiger partial charge < -0.3 is 14.4 Å². The van der Waals surface area contributed by atoms with Crippen molar-refractivity contribution in [1.29, 1.82) is 0 Å². The van der Waals surface area contributed by atoms with Gasteiger partial charge in [0.2, 0.25) is 0 Å². The van der Waals surface area contributed by atoms with Gasteiger partial charge in [-0.3, -0.25) is 4.79 Å². The molecule has 4 nitrogen and oxygen atoms in total. The van der Waals surface area contributed by atoms with Gasteiger partial charge in [0, 0.05) is 17.4 Å². The molecule has 0 aromatic heterocycles. The fourth-order valence-electron chi connectivity index (χ4n) is 4.13. The maximum absolute atomic E-state index is 12.1. The van der Waals surface area contributed by atoms with E-state index < -0.39 is 0 Å². The summed E-state index contributed by atoms with van der Waals surface area (Å²) in [5.41, 5.74) is 1.07. The second-order valence-electron chi connectivity index (χ2n) is 6.31. The lowest BCUT2D eigenvalue weighted by Crippen LogP contribution is -2.49. The Bertz CT molecular complexity index is 625. The SMILES string of the molecule is COc1ccc([C@@]23C=CC(=O)C(C)[C@@H]2N(C)CC3)cc1OC. The van der Waals surface area contributed by atoms with E-state index in [4.69, 9.17) is 9.47 Å². The molecular formula is C18H23NO3. The Kier molecular flexibility index (Phi) is 3.73.